The molecule has 11 nitrogen and oxygen atoms in total. The zero-order valence-electron chi connectivity index (χ0n) is 64.5. The van der Waals surface area contributed by atoms with Gasteiger partial charge < -0.3 is 27.1 Å². The Morgan fingerprint density at radius 3 is 0.983 bits per heavy atom. The molecule has 25 aromatic rings. The quantitative estimate of drug-likeness (QED) is 0.127. The number of para-hydroxylation sites is 6. The Balaban J connectivity index is 0.000000137. The van der Waals surface area contributed by atoms with E-state index in [1.165, 1.54) is 21.5 Å². The maximum atomic E-state index is 6.70. The third kappa shape index (κ3) is 11.0. The second-order valence-corrected chi connectivity index (χ2v) is 30.5. The average molecular weight is 1530 g/mol. The molecule has 0 N–H and O–H groups in total. The van der Waals surface area contributed by atoms with Gasteiger partial charge in [-0.25, -0.2) is 24.9 Å². The maximum absolute atomic E-state index is 6.70. The van der Waals surface area contributed by atoms with Gasteiger partial charge in [0, 0.05) is 110 Å². The third-order valence-electron chi connectivity index (χ3n) is 23.7. The van der Waals surface area contributed by atoms with Crippen molar-refractivity contribution in [1.82, 2.24) is 43.2 Å². The molecule has 8 aromatic heterocycles. The molecule has 0 amide bonds. The Bertz CT molecular complexity index is 8260. The molecule has 0 unspecified atom stereocenters. The van der Waals surface area contributed by atoms with E-state index in [9.17, 15) is 0 Å². The number of hydrogen-bond acceptors (Lipinski definition) is 7. The second kappa shape index (κ2) is 27.7. The summed E-state index contributed by atoms with van der Waals surface area (Å²) in [6.07, 6.45) is 0. The Labute approximate surface area is 687 Å². The fourth-order valence-corrected chi connectivity index (χ4v) is 18.3. The van der Waals surface area contributed by atoms with Crippen molar-refractivity contribution < 1.29 is 8.83 Å². The van der Waals surface area contributed by atoms with Gasteiger partial charge in [0.15, 0.2) is 23.3 Å². The first-order valence-corrected chi connectivity index (χ1v) is 40.4. The Morgan fingerprint density at radius 2 is 0.508 bits per heavy atom. The summed E-state index contributed by atoms with van der Waals surface area (Å²) in [5.74, 6) is 2.60. The van der Waals surface area contributed by atoms with Crippen LogP contribution in [0, 0.1) is 0 Å². The SMILES string of the molecule is c1ccc(-c2cc(-c3ccccc3)nc(-c3cccc(-n4c5ccccc5c5c4ccc4c6c7oc8ccccc8c7ccc6n(-c6ccccc6)c45)c3)n2)cc1.c1ccc(-c2nc(-c3ccccc3)nc(-c3cccc(-c4ccc(-n5c6ccccc6c6c5ccc5c7c8oc9ccccc9c8ccc7n(-c7ccccc7)c56)cc4)c3)n2)cc1. The predicted octanol–water partition coefficient (Wildman–Crippen LogP) is 28.2. The van der Waals surface area contributed by atoms with E-state index in [-0.39, 0.29) is 0 Å². The van der Waals surface area contributed by atoms with Crippen LogP contribution in [0.4, 0.5) is 0 Å². The van der Waals surface area contributed by atoms with Gasteiger partial charge in [-0.2, -0.15) is 0 Å². The van der Waals surface area contributed by atoms with E-state index in [0.29, 0.717) is 23.3 Å². The van der Waals surface area contributed by atoms with E-state index in [1.807, 2.05) is 84.9 Å². The van der Waals surface area contributed by atoms with Crippen molar-refractivity contribution in [3.05, 3.63) is 406 Å². The average Bonchev–Trinajstić information content (AvgIpc) is 1.54. The minimum Gasteiger partial charge on any atom is -0.455 e. The lowest BCUT2D eigenvalue weighted by molar-refractivity contribution is 0.672. The molecule has 0 aliphatic rings. The van der Waals surface area contributed by atoms with Gasteiger partial charge in [-0.05, 0) is 145 Å². The van der Waals surface area contributed by atoms with Crippen molar-refractivity contribution in [2.45, 2.75) is 0 Å². The Hall–Kier alpha value is -16.4. The van der Waals surface area contributed by atoms with Crippen LogP contribution in [0.5, 0.6) is 0 Å². The molecule has 0 atom stereocenters. The summed E-state index contributed by atoms with van der Waals surface area (Å²) in [6.45, 7) is 0. The Kier molecular flexibility index (Phi) is 15.7. The molecule has 0 spiro atoms. The van der Waals surface area contributed by atoms with Gasteiger partial charge >= 0.3 is 0 Å². The number of furan rings is 2. The molecule has 0 saturated heterocycles. The first-order valence-electron chi connectivity index (χ1n) is 40.4. The molecule has 0 fully saturated rings. The fourth-order valence-electron chi connectivity index (χ4n) is 18.3. The summed E-state index contributed by atoms with van der Waals surface area (Å²) in [5, 5.41) is 13.8. The number of fused-ring (bicyclic) bond motifs is 22. The first-order chi connectivity index (χ1) is 59.5. The smallest absolute Gasteiger partial charge is 0.164 e. The summed E-state index contributed by atoms with van der Waals surface area (Å²) in [6, 6.07) is 143. The normalized spacial score (nSPS) is 11.8. The van der Waals surface area contributed by atoms with E-state index < -0.39 is 0 Å². The zero-order valence-corrected chi connectivity index (χ0v) is 64.5. The lowest BCUT2D eigenvalue weighted by Crippen LogP contribution is -2.00. The van der Waals surface area contributed by atoms with Crippen LogP contribution in [0.15, 0.2) is 415 Å². The molecule has 0 bridgehead atoms. The number of nitrogens with zero attached hydrogens (tertiary/aromatic N) is 9. The number of aromatic nitrogens is 9. The summed E-state index contributed by atoms with van der Waals surface area (Å²) < 4.78 is 23.0. The first kappa shape index (κ1) is 68.1. The van der Waals surface area contributed by atoms with Crippen molar-refractivity contribution >= 4 is 131 Å². The second-order valence-electron chi connectivity index (χ2n) is 30.5. The molecule has 0 aliphatic carbocycles. The fraction of sp³-hybridized carbons (Fsp3) is 0. The van der Waals surface area contributed by atoms with E-state index in [4.69, 9.17) is 33.8 Å². The largest absolute Gasteiger partial charge is 0.455 e. The van der Waals surface area contributed by atoms with E-state index in [2.05, 4.69) is 340 Å². The van der Waals surface area contributed by atoms with Gasteiger partial charge in [0.25, 0.3) is 0 Å². The monoisotopic (exact) mass is 1530 g/mol. The van der Waals surface area contributed by atoms with Crippen molar-refractivity contribution in [1.29, 1.82) is 0 Å². The van der Waals surface area contributed by atoms with Gasteiger partial charge in [0.2, 0.25) is 0 Å². The molecule has 8 heterocycles. The van der Waals surface area contributed by atoms with E-state index in [0.717, 1.165) is 188 Å². The molecular formula is C109H67N9O2. The van der Waals surface area contributed by atoms with Gasteiger partial charge in [-0.1, -0.05) is 273 Å². The third-order valence-corrected chi connectivity index (χ3v) is 23.7. The Morgan fingerprint density at radius 1 is 0.175 bits per heavy atom. The molecular weight excluding hydrogens is 1470 g/mol. The molecule has 0 radical (unpaired) electrons. The topological polar surface area (TPSA) is 110 Å². The number of benzene rings is 17. The lowest BCUT2D eigenvalue weighted by Gasteiger charge is -2.12. The van der Waals surface area contributed by atoms with Crippen molar-refractivity contribution in [3.63, 3.8) is 0 Å². The van der Waals surface area contributed by atoms with Crippen LogP contribution >= 0.6 is 0 Å². The molecule has 25 rings (SSSR count). The molecule has 0 aliphatic heterocycles. The lowest BCUT2D eigenvalue weighted by atomic mass is 10.0. The van der Waals surface area contributed by atoms with Crippen LogP contribution in [0.1, 0.15) is 0 Å². The number of rotatable bonds is 11. The highest BCUT2D eigenvalue weighted by atomic mass is 16.3. The standard InChI is InChI=1S/C57H35N5O.C52H32N4O/c1-4-15-37(16-5-1)55-58-56(38-17-6-2-7-18-38)60-57(59-55)40-20-14-19-39(35-40)36-27-29-42(30-28-36)61-47-25-12-10-24-45(47)51-48(61)34-32-46-52-49(62(53(46)51)41-21-8-3-9-22-41)33-31-44-43-23-11-13-26-50(43)63-54(44)52;1-4-15-33(16-5-1)42-32-43(34-17-6-2-7-18-34)54-52(53-42)35-19-14-22-37(31-35)55-44-25-12-10-24-40(44)48-45(55)30-28-41-49-46(56(50(41)48)36-20-8-3-9-21-36)29-27-39-38-23-11-13-26-47(38)57-51(39)49/h1-35H;1-32H. The predicted molar refractivity (Wildman–Crippen MR) is 492 cm³/mol. The van der Waals surface area contributed by atoms with Crippen molar-refractivity contribution in [2.24, 2.45) is 0 Å². The van der Waals surface area contributed by atoms with Gasteiger partial charge in [0.1, 0.15) is 22.3 Å². The summed E-state index contributed by atoms with van der Waals surface area (Å²) in [4.78, 5) is 25.2. The molecule has 120 heavy (non-hydrogen) atoms. The molecule has 560 valence electrons. The highest BCUT2D eigenvalue weighted by molar-refractivity contribution is 6.33. The minimum atomic E-state index is 0.631. The number of hydrogen-bond donors (Lipinski definition) is 0. The minimum absolute atomic E-state index is 0.631. The zero-order chi connectivity index (χ0) is 78.9. The van der Waals surface area contributed by atoms with Gasteiger partial charge in [-0.15, -0.1) is 0 Å². The van der Waals surface area contributed by atoms with Crippen molar-refractivity contribution in [2.75, 3.05) is 0 Å². The highest BCUT2D eigenvalue weighted by Crippen LogP contribution is 2.49. The van der Waals surface area contributed by atoms with Gasteiger partial charge in [0.05, 0.1) is 66.3 Å². The van der Waals surface area contributed by atoms with E-state index >= 15 is 0 Å². The van der Waals surface area contributed by atoms with Crippen LogP contribution in [-0.4, -0.2) is 43.2 Å². The van der Waals surface area contributed by atoms with Gasteiger partial charge in [-0.3, -0.25) is 0 Å². The maximum Gasteiger partial charge on any atom is 0.164 e. The highest BCUT2D eigenvalue weighted by Gasteiger charge is 2.28. The molecule has 17 aromatic carbocycles. The molecule has 0 saturated carbocycles. The van der Waals surface area contributed by atoms with Crippen LogP contribution in [-0.2, 0) is 0 Å². The summed E-state index contributed by atoms with van der Waals surface area (Å²) in [7, 11) is 0. The molecule has 11 heteroatoms. The summed E-state index contributed by atoms with van der Waals surface area (Å²) >= 11 is 0. The van der Waals surface area contributed by atoms with E-state index in [1.54, 1.807) is 0 Å². The summed E-state index contributed by atoms with van der Waals surface area (Å²) in [5.41, 5.74) is 26.8. The van der Waals surface area contributed by atoms with Crippen LogP contribution in [0.2, 0.25) is 0 Å². The van der Waals surface area contributed by atoms with Crippen molar-refractivity contribution in [3.8, 4) is 102 Å². The van der Waals surface area contributed by atoms with Crippen LogP contribution < -0.4 is 0 Å². The van der Waals surface area contributed by atoms with Crippen LogP contribution in [0.3, 0.4) is 0 Å². The van der Waals surface area contributed by atoms with Crippen LogP contribution in [0.25, 0.3) is 233 Å².